The summed E-state index contributed by atoms with van der Waals surface area (Å²) >= 11 is 0. The fraction of sp³-hybridized carbons (Fsp3) is 0.600. The smallest absolute Gasteiger partial charge is 0.0470 e. The highest BCUT2D eigenvalue weighted by Gasteiger charge is 1.56. The van der Waals surface area contributed by atoms with E-state index in [2.05, 4.69) is 27.0 Å². The molecule has 0 saturated carbocycles. The fourth-order valence-corrected chi connectivity index (χ4v) is 0. The molecule has 0 aromatic rings. The molecule has 10 heavy (non-hydrogen) atoms. The van der Waals surface area contributed by atoms with Crippen molar-refractivity contribution in [2.75, 3.05) is 0 Å². The third-order valence-electron chi connectivity index (χ3n) is 0.833. The molecule has 0 rings (SSSR count). The monoisotopic (exact) mass is 142 g/mol. The van der Waals surface area contributed by atoms with Crippen LogP contribution in [-0.4, -0.2) is 0 Å². The lowest BCUT2D eigenvalue weighted by Crippen LogP contribution is -1.47. The van der Waals surface area contributed by atoms with E-state index in [0.29, 0.717) is 0 Å². The molecular formula is C10H22. The molecule has 0 N–H and O–H groups in total. The van der Waals surface area contributed by atoms with Crippen molar-refractivity contribution in [2.45, 2.75) is 40.5 Å². The van der Waals surface area contributed by atoms with Crippen LogP contribution in [0, 0.1) is 0 Å². The molecule has 0 fully saturated rings. The van der Waals surface area contributed by atoms with Crippen LogP contribution in [0.1, 0.15) is 40.5 Å². The van der Waals surface area contributed by atoms with Crippen molar-refractivity contribution in [1.82, 2.24) is 0 Å². The molecular weight excluding hydrogens is 120 g/mol. The van der Waals surface area contributed by atoms with Crippen LogP contribution in [0.15, 0.2) is 25.3 Å². The lowest BCUT2D eigenvalue weighted by atomic mass is 10.4. The van der Waals surface area contributed by atoms with E-state index in [9.17, 15) is 0 Å². The molecule has 0 bridgehead atoms. The zero-order chi connectivity index (χ0) is 8.83. The van der Waals surface area contributed by atoms with Crippen LogP contribution in [-0.2, 0) is 0 Å². The summed E-state index contributed by atoms with van der Waals surface area (Å²) in [6.45, 7) is 14.4. The number of hydrogen-bond acceptors (Lipinski definition) is 0. The van der Waals surface area contributed by atoms with Crippen molar-refractivity contribution in [3.05, 3.63) is 25.3 Å². The zero-order valence-electron chi connectivity index (χ0n) is 7.98. The van der Waals surface area contributed by atoms with Gasteiger partial charge in [0.25, 0.3) is 0 Å². The fourth-order valence-electron chi connectivity index (χ4n) is 0. The lowest BCUT2D eigenvalue weighted by molar-refractivity contribution is 0.886. The Morgan fingerprint density at radius 2 is 1.10 bits per heavy atom. The van der Waals surface area contributed by atoms with Gasteiger partial charge in [0.15, 0.2) is 0 Å². The first-order valence-electron chi connectivity index (χ1n) is 3.90. The van der Waals surface area contributed by atoms with Crippen molar-refractivity contribution < 1.29 is 0 Å². The van der Waals surface area contributed by atoms with Gasteiger partial charge in [0.2, 0.25) is 0 Å². The molecule has 0 aliphatic rings. The van der Waals surface area contributed by atoms with Gasteiger partial charge in [-0.1, -0.05) is 38.8 Å². The van der Waals surface area contributed by atoms with E-state index in [1.165, 1.54) is 12.8 Å². The molecule has 0 aromatic heterocycles. The summed E-state index contributed by atoms with van der Waals surface area (Å²) in [7, 11) is 0. The van der Waals surface area contributed by atoms with Crippen LogP contribution in [0.25, 0.3) is 0 Å². The predicted octanol–water partition coefficient (Wildman–Crippen LogP) is 4.19. The first-order chi connectivity index (χ1) is 4.83. The van der Waals surface area contributed by atoms with Gasteiger partial charge in [-0.2, -0.15) is 0 Å². The molecule has 0 heterocycles. The third-order valence-corrected chi connectivity index (χ3v) is 0.833. The van der Waals surface area contributed by atoms with Crippen LogP contribution >= 0.6 is 0 Å². The van der Waals surface area contributed by atoms with Crippen LogP contribution < -0.4 is 0 Å². The Balaban J connectivity index is -0.0000000787. The second-order valence-electron chi connectivity index (χ2n) is 1.67. The Bertz CT molecular complexity index is 38.0. The molecule has 0 heteroatoms. The van der Waals surface area contributed by atoms with Crippen molar-refractivity contribution in [3.63, 3.8) is 0 Å². The zero-order valence-corrected chi connectivity index (χ0v) is 7.98. The average Bonchev–Trinajstić information content (AvgIpc) is 2.08. The SMILES string of the molecule is C/C=C\C.C=C.CCCC. The molecule has 0 aromatic carbocycles. The van der Waals surface area contributed by atoms with E-state index in [4.69, 9.17) is 0 Å². The van der Waals surface area contributed by atoms with Gasteiger partial charge in [0.1, 0.15) is 0 Å². The van der Waals surface area contributed by atoms with Crippen molar-refractivity contribution in [1.29, 1.82) is 0 Å². The van der Waals surface area contributed by atoms with Crippen molar-refractivity contribution >= 4 is 0 Å². The normalized spacial score (nSPS) is 7.20. The van der Waals surface area contributed by atoms with E-state index in [1.807, 2.05) is 26.0 Å². The minimum absolute atomic E-state index is 1.32. The van der Waals surface area contributed by atoms with Gasteiger partial charge in [-0.15, -0.1) is 13.2 Å². The van der Waals surface area contributed by atoms with Gasteiger partial charge in [-0.25, -0.2) is 0 Å². The summed E-state index contributed by atoms with van der Waals surface area (Å²) in [5, 5.41) is 0. The van der Waals surface area contributed by atoms with Crippen LogP contribution in [0.5, 0.6) is 0 Å². The Hall–Kier alpha value is -0.520. The maximum Gasteiger partial charge on any atom is -0.0470 e. The molecule has 0 aliphatic carbocycles. The second kappa shape index (κ2) is 39.2. The number of rotatable bonds is 1. The summed E-state index contributed by atoms with van der Waals surface area (Å²) in [6, 6.07) is 0. The van der Waals surface area contributed by atoms with E-state index in [-0.39, 0.29) is 0 Å². The molecule has 0 spiro atoms. The summed E-state index contributed by atoms with van der Waals surface area (Å²) in [4.78, 5) is 0. The number of allylic oxidation sites excluding steroid dienone is 2. The highest BCUT2D eigenvalue weighted by molar-refractivity contribution is 4.68. The third kappa shape index (κ3) is 143. The predicted molar refractivity (Wildman–Crippen MR) is 52.3 cm³/mol. The first kappa shape index (κ1) is 16.2. The second-order valence-corrected chi connectivity index (χ2v) is 1.67. The topological polar surface area (TPSA) is 0 Å². The summed E-state index contributed by atoms with van der Waals surface area (Å²) in [5.41, 5.74) is 0. The highest BCUT2D eigenvalue weighted by Crippen LogP contribution is 1.76. The maximum atomic E-state index is 3.00. The Kier molecular flexibility index (Phi) is 63.6. The molecule has 0 radical (unpaired) electrons. The minimum atomic E-state index is 1.32. The summed E-state index contributed by atoms with van der Waals surface area (Å²) in [6.07, 6.45) is 6.64. The average molecular weight is 142 g/mol. The van der Waals surface area contributed by atoms with Crippen LogP contribution in [0.3, 0.4) is 0 Å². The minimum Gasteiger partial charge on any atom is -0.106 e. The van der Waals surface area contributed by atoms with Crippen LogP contribution in [0.4, 0.5) is 0 Å². The Morgan fingerprint density at radius 1 is 0.900 bits per heavy atom. The van der Waals surface area contributed by atoms with Gasteiger partial charge in [-0.3, -0.25) is 0 Å². The molecule has 0 aliphatic heterocycles. The highest BCUT2D eigenvalue weighted by atomic mass is 13.6. The quantitative estimate of drug-likeness (QED) is 0.481. The molecule has 0 saturated heterocycles. The first-order valence-corrected chi connectivity index (χ1v) is 3.90. The summed E-state index contributed by atoms with van der Waals surface area (Å²) in [5.74, 6) is 0. The van der Waals surface area contributed by atoms with E-state index < -0.39 is 0 Å². The maximum absolute atomic E-state index is 3.00. The number of unbranched alkanes of at least 4 members (excludes halogenated alkanes) is 1. The number of hydrogen-bond donors (Lipinski definition) is 0. The molecule has 0 atom stereocenters. The summed E-state index contributed by atoms with van der Waals surface area (Å²) < 4.78 is 0. The van der Waals surface area contributed by atoms with Gasteiger partial charge in [0, 0.05) is 0 Å². The Morgan fingerprint density at radius 3 is 1.10 bits per heavy atom. The largest absolute Gasteiger partial charge is 0.106 e. The molecule has 0 nitrogen and oxygen atoms in total. The standard InChI is InChI=1S/C4H10.C4H8.C2H4/c2*1-3-4-2;1-2/h3-4H2,1-2H3;3-4H,1-2H3;1-2H2/b;4-3-;. The van der Waals surface area contributed by atoms with Gasteiger partial charge >= 0.3 is 0 Å². The molecule has 62 valence electrons. The molecule has 0 unspecified atom stereocenters. The van der Waals surface area contributed by atoms with E-state index >= 15 is 0 Å². The Labute approximate surface area is 66.7 Å². The van der Waals surface area contributed by atoms with Crippen molar-refractivity contribution in [3.8, 4) is 0 Å². The van der Waals surface area contributed by atoms with Gasteiger partial charge in [-0.05, 0) is 13.8 Å². The molecule has 0 amide bonds. The lowest BCUT2D eigenvalue weighted by Gasteiger charge is -1.68. The van der Waals surface area contributed by atoms with Gasteiger partial charge in [0.05, 0.1) is 0 Å². The van der Waals surface area contributed by atoms with Crippen LogP contribution in [0.2, 0.25) is 0 Å². The van der Waals surface area contributed by atoms with E-state index in [0.717, 1.165) is 0 Å². The van der Waals surface area contributed by atoms with Gasteiger partial charge < -0.3 is 0 Å². The van der Waals surface area contributed by atoms with E-state index in [1.54, 1.807) is 0 Å². The van der Waals surface area contributed by atoms with Crippen molar-refractivity contribution in [2.24, 2.45) is 0 Å².